The first-order chi connectivity index (χ1) is 9.69. The maximum Gasteiger partial charge on any atom is 0.255 e. The molecule has 1 amide bonds. The summed E-state index contributed by atoms with van der Waals surface area (Å²) < 4.78 is 10.6. The van der Waals surface area contributed by atoms with Crippen LogP contribution < -0.4 is 5.32 Å². The lowest BCUT2D eigenvalue weighted by Gasteiger charge is -2.20. The van der Waals surface area contributed by atoms with Gasteiger partial charge in [-0.15, -0.1) is 0 Å². The number of carbonyl (C=O) groups is 1. The third kappa shape index (κ3) is 3.81. The Labute approximate surface area is 120 Å². The first kappa shape index (κ1) is 16.2. The van der Waals surface area contributed by atoms with E-state index in [1.807, 2.05) is 26.0 Å². The van der Waals surface area contributed by atoms with E-state index < -0.39 is 0 Å². The van der Waals surface area contributed by atoms with Crippen LogP contribution in [0.1, 0.15) is 13.8 Å². The van der Waals surface area contributed by atoms with Gasteiger partial charge in [-0.25, -0.2) is 0 Å². The summed E-state index contributed by atoms with van der Waals surface area (Å²) in [6, 6.07) is 0. The van der Waals surface area contributed by atoms with Gasteiger partial charge in [-0.1, -0.05) is 6.08 Å². The second-order valence-electron chi connectivity index (χ2n) is 4.07. The van der Waals surface area contributed by atoms with Crippen molar-refractivity contribution < 1.29 is 14.3 Å². The summed E-state index contributed by atoms with van der Waals surface area (Å²) in [6.07, 6.45) is 5.46. The van der Waals surface area contributed by atoms with Crippen molar-refractivity contribution in [2.24, 2.45) is 4.99 Å². The Kier molecular flexibility index (Phi) is 6.73. The molecule has 0 aromatic rings. The Morgan fingerprint density at radius 1 is 1.45 bits per heavy atom. The number of hydrogen-bond acceptors (Lipinski definition) is 4. The SMILES string of the molecule is C/C=C1\C(=NC)C=CC(C(=O)NCCOC)=C1OCC. The largest absolute Gasteiger partial charge is 0.492 e. The lowest BCUT2D eigenvalue weighted by molar-refractivity contribution is -0.117. The first-order valence-electron chi connectivity index (χ1n) is 6.65. The predicted octanol–water partition coefficient (Wildman–Crippen LogP) is 1.63. The molecule has 0 saturated heterocycles. The summed E-state index contributed by atoms with van der Waals surface area (Å²) in [5.41, 5.74) is 2.17. The summed E-state index contributed by atoms with van der Waals surface area (Å²) in [4.78, 5) is 16.4. The van der Waals surface area contributed by atoms with Gasteiger partial charge in [0, 0.05) is 26.3 Å². The van der Waals surface area contributed by atoms with Crippen LogP contribution in [-0.2, 0) is 14.3 Å². The molecular weight excluding hydrogens is 256 g/mol. The highest BCUT2D eigenvalue weighted by atomic mass is 16.5. The third-order valence-corrected chi connectivity index (χ3v) is 2.83. The number of carbonyl (C=O) groups excluding carboxylic acids is 1. The number of ether oxygens (including phenoxy) is 2. The van der Waals surface area contributed by atoms with Gasteiger partial charge in [0.15, 0.2) is 0 Å². The number of nitrogens with one attached hydrogen (secondary N) is 1. The summed E-state index contributed by atoms with van der Waals surface area (Å²) in [6.45, 7) is 5.23. The number of hydrogen-bond donors (Lipinski definition) is 1. The van der Waals surface area contributed by atoms with Gasteiger partial charge in [0.25, 0.3) is 5.91 Å². The highest BCUT2D eigenvalue weighted by Gasteiger charge is 2.23. The van der Waals surface area contributed by atoms with Crippen LogP contribution in [0.3, 0.4) is 0 Å². The molecule has 0 aromatic heterocycles. The molecule has 0 atom stereocenters. The van der Waals surface area contributed by atoms with Crippen LogP contribution in [0.2, 0.25) is 0 Å². The average Bonchev–Trinajstić information content (AvgIpc) is 2.47. The molecule has 0 aromatic carbocycles. The van der Waals surface area contributed by atoms with Crippen LogP contribution in [0.4, 0.5) is 0 Å². The first-order valence-corrected chi connectivity index (χ1v) is 6.65. The summed E-state index contributed by atoms with van der Waals surface area (Å²) in [7, 11) is 3.32. The number of aliphatic imine (C=N–C) groups is 1. The normalized spacial score (nSPS) is 18.8. The van der Waals surface area contributed by atoms with Crippen LogP contribution in [0, 0.1) is 0 Å². The smallest absolute Gasteiger partial charge is 0.255 e. The maximum absolute atomic E-state index is 12.2. The lowest BCUT2D eigenvalue weighted by Crippen LogP contribution is -2.30. The molecule has 0 heterocycles. The minimum atomic E-state index is -0.170. The van der Waals surface area contributed by atoms with Gasteiger partial charge in [0.1, 0.15) is 5.76 Å². The fraction of sp³-hybridized carbons (Fsp3) is 0.467. The van der Waals surface area contributed by atoms with E-state index in [0.717, 1.165) is 11.3 Å². The number of rotatable bonds is 6. The topological polar surface area (TPSA) is 59.9 Å². The molecule has 0 radical (unpaired) electrons. The zero-order valence-corrected chi connectivity index (χ0v) is 12.5. The van der Waals surface area contributed by atoms with Crippen LogP contribution >= 0.6 is 0 Å². The fourth-order valence-electron chi connectivity index (χ4n) is 1.90. The van der Waals surface area contributed by atoms with E-state index in [-0.39, 0.29) is 5.91 Å². The Bertz CT molecular complexity index is 474. The number of allylic oxidation sites excluding steroid dienone is 3. The van der Waals surface area contributed by atoms with E-state index in [9.17, 15) is 4.79 Å². The van der Waals surface area contributed by atoms with Crippen LogP contribution in [-0.4, -0.2) is 45.5 Å². The molecule has 1 aliphatic rings. The molecule has 1 aliphatic carbocycles. The van der Waals surface area contributed by atoms with Crippen LogP contribution in [0.15, 0.2) is 40.1 Å². The van der Waals surface area contributed by atoms with Gasteiger partial charge < -0.3 is 14.8 Å². The molecule has 0 unspecified atom stereocenters. The van der Waals surface area contributed by atoms with Crippen molar-refractivity contribution in [3.8, 4) is 0 Å². The van der Waals surface area contributed by atoms with Gasteiger partial charge in [-0.05, 0) is 26.0 Å². The molecular formula is C15H22N2O3. The Balaban J connectivity index is 3.05. The molecule has 0 aliphatic heterocycles. The molecule has 0 saturated carbocycles. The molecule has 1 N–H and O–H groups in total. The number of methoxy groups -OCH3 is 1. The van der Waals surface area contributed by atoms with E-state index in [4.69, 9.17) is 9.47 Å². The molecule has 5 heteroatoms. The summed E-state index contributed by atoms with van der Waals surface area (Å²) in [5.74, 6) is 0.407. The van der Waals surface area contributed by atoms with E-state index in [2.05, 4.69) is 10.3 Å². The summed E-state index contributed by atoms with van der Waals surface area (Å²) >= 11 is 0. The molecule has 0 spiro atoms. The van der Waals surface area contributed by atoms with Gasteiger partial charge in [-0.3, -0.25) is 9.79 Å². The predicted molar refractivity (Wildman–Crippen MR) is 79.8 cm³/mol. The minimum absolute atomic E-state index is 0.170. The second kappa shape index (κ2) is 8.32. The van der Waals surface area contributed by atoms with Crippen molar-refractivity contribution in [3.05, 3.63) is 35.1 Å². The fourth-order valence-corrected chi connectivity index (χ4v) is 1.90. The Morgan fingerprint density at radius 2 is 2.20 bits per heavy atom. The number of nitrogens with zero attached hydrogens (tertiary/aromatic N) is 1. The average molecular weight is 278 g/mol. The molecule has 0 fully saturated rings. The molecule has 1 rings (SSSR count). The van der Waals surface area contributed by atoms with E-state index in [0.29, 0.717) is 31.1 Å². The van der Waals surface area contributed by atoms with E-state index in [1.54, 1.807) is 20.2 Å². The highest BCUT2D eigenvalue weighted by Crippen LogP contribution is 2.24. The van der Waals surface area contributed by atoms with E-state index >= 15 is 0 Å². The number of amides is 1. The lowest BCUT2D eigenvalue weighted by atomic mass is 9.96. The minimum Gasteiger partial charge on any atom is -0.492 e. The standard InChI is InChI=1S/C15H22N2O3/c1-5-11-13(16-3)8-7-12(14(11)20-6-2)15(18)17-9-10-19-4/h5,7-8H,6,9-10H2,1-4H3,(H,17,18)/b11-5+,16-13?. The quantitative estimate of drug-likeness (QED) is 0.751. The van der Waals surface area contributed by atoms with Crippen molar-refractivity contribution in [2.45, 2.75) is 13.8 Å². The van der Waals surface area contributed by atoms with Crippen molar-refractivity contribution in [3.63, 3.8) is 0 Å². The van der Waals surface area contributed by atoms with Crippen molar-refractivity contribution >= 4 is 11.6 Å². The molecule has 110 valence electrons. The highest BCUT2D eigenvalue weighted by molar-refractivity contribution is 6.16. The monoisotopic (exact) mass is 278 g/mol. The van der Waals surface area contributed by atoms with Crippen LogP contribution in [0.25, 0.3) is 0 Å². The van der Waals surface area contributed by atoms with Gasteiger partial charge in [0.05, 0.1) is 24.5 Å². The van der Waals surface area contributed by atoms with Gasteiger partial charge in [-0.2, -0.15) is 0 Å². The Morgan fingerprint density at radius 3 is 2.75 bits per heavy atom. The van der Waals surface area contributed by atoms with E-state index in [1.165, 1.54) is 0 Å². The molecule has 20 heavy (non-hydrogen) atoms. The summed E-state index contributed by atoms with van der Waals surface area (Å²) in [5, 5.41) is 2.80. The molecule has 5 nitrogen and oxygen atoms in total. The maximum atomic E-state index is 12.2. The third-order valence-electron chi connectivity index (χ3n) is 2.83. The van der Waals surface area contributed by atoms with Crippen LogP contribution in [0.5, 0.6) is 0 Å². The zero-order chi connectivity index (χ0) is 15.0. The molecule has 0 bridgehead atoms. The second-order valence-corrected chi connectivity index (χ2v) is 4.07. The van der Waals surface area contributed by atoms with Gasteiger partial charge in [0.2, 0.25) is 0 Å². The van der Waals surface area contributed by atoms with Crippen molar-refractivity contribution in [1.29, 1.82) is 0 Å². The Hall–Kier alpha value is -1.88. The zero-order valence-electron chi connectivity index (χ0n) is 12.5. The van der Waals surface area contributed by atoms with Crippen molar-refractivity contribution in [2.75, 3.05) is 33.9 Å². The van der Waals surface area contributed by atoms with Gasteiger partial charge >= 0.3 is 0 Å². The van der Waals surface area contributed by atoms with Crippen molar-refractivity contribution in [1.82, 2.24) is 5.32 Å².